The standard InChI is InChI=1S/C22H30N4OS/c1-2-16-5-6-18(25-12-16)13-26-11-8-19-20(15-28-21(19)14-26)22(27)24-10-7-17-4-3-9-23-17/h5-6,12,15,17,23H,2-4,7-11,13-14H2,1H3,(H,24,27)/t17-/m0/s1. The van der Waals surface area contributed by atoms with Crippen molar-refractivity contribution < 1.29 is 4.79 Å². The molecule has 0 bridgehead atoms. The SMILES string of the molecule is CCc1ccc(CN2CCc3c(C(=O)NCC[C@@H]4CCCN4)csc3C2)nc1. The Morgan fingerprint density at radius 2 is 2.36 bits per heavy atom. The predicted octanol–water partition coefficient (Wildman–Crippen LogP) is 3.14. The van der Waals surface area contributed by atoms with Gasteiger partial charge in [0, 0.05) is 48.7 Å². The van der Waals surface area contributed by atoms with Gasteiger partial charge in [-0.1, -0.05) is 13.0 Å². The first-order chi connectivity index (χ1) is 13.7. The monoisotopic (exact) mass is 398 g/mol. The van der Waals surface area contributed by atoms with Crippen LogP contribution in [-0.2, 0) is 25.9 Å². The number of aromatic nitrogens is 1. The number of aryl methyl sites for hydroxylation is 1. The Kier molecular flexibility index (Phi) is 6.40. The second-order valence-corrected chi connectivity index (χ2v) is 8.83. The first-order valence-corrected chi connectivity index (χ1v) is 11.4. The summed E-state index contributed by atoms with van der Waals surface area (Å²) < 4.78 is 0. The van der Waals surface area contributed by atoms with Crippen molar-refractivity contribution in [3.05, 3.63) is 51.0 Å². The summed E-state index contributed by atoms with van der Waals surface area (Å²) in [7, 11) is 0. The molecule has 1 atom stereocenters. The van der Waals surface area contributed by atoms with Gasteiger partial charge < -0.3 is 10.6 Å². The Morgan fingerprint density at radius 1 is 1.43 bits per heavy atom. The Morgan fingerprint density at radius 3 is 3.11 bits per heavy atom. The first kappa shape index (κ1) is 19.6. The average molecular weight is 399 g/mol. The zero-order valence-electron chi connectivity index (χ0n) is 16.7. The molecule has 0 radical (unpaired) electrons. The van der Waals surface area contributed by atoms with E-state index in [1.165, 1.54) is 28.8 Å². The van der Waals surface area contributed by atoms with E-state index < -0.39 is 0 Å². The third-order valence-electron chi connectivity index (χ3n) is 5.89. The van der Waals surface area contributed by atoms with Gasteiger partial charge in [-0.15, -0.1) is 11.3 Å². The minimum Gasteiger partial charge on any atom is -0.352 e. The van der Waals surface area contributed by atoms with E-state index in [1.807, 2.05) is 11.6 Å². The molecule has 4 heterocycles. The fourth-order valence-corrected chi connectivity index (χ4v) is 5.27. The van der Waals surface area contributed by atoms with E-state index in [0.717, 1.165) is 63.2 Å². The number of rotatable bonds is 7. The van der Waals surface area contributed by atoms with Crippen LogP contribution in [0.2, 0.25) is 0 Å². The van der Waals surface area contributed by atoms with Gasteiger partial charge in [-0.25, -0.2) is 0 Å². The summed E-state index contributed by atoms with van der Waals surface area (Å²) in [4.78, 5) is 21.0. The molecule has 5 nitrogen and oxygen atoms in total. The van der Waals surface area contributed by atoms with E-state index >= 15 is 0 Å². The van der Waals surface area contributed by atoms with Crippen molar-refractivity contribution in [1.82, 2.24) is 20.5 Å². The molecule has 2 aliphatic heterocycles. The fourth-order valence-electron chi connectivity index (χ4n) is 4.15. The maximum absolute atomic E-state index is 12.6. The molecule has 0 unspecified atom stereocenters. The molecule has 2 aromatic heterocycles. The van der Waals surface area contributed by atoms with Crippen molar-refractivity contribution >= 4 is 17.2 Å². The van der Waals surface area contributed by atoms with Crippen LogP contribution in [0.25, 0.3) is 0 Å². The number of nitrogens with zero attached hydrogens (tertiary/aromatic N) is 2. The highest BCUT2D eigenvalue weighted by atomic mass is 32.1. The number of amides is 1. The lowest BCUT2D eigenvalue weighted by Gasteiger charge is -2.27. The summed E-state index contributed by atoms with van der Waals surface area (Å²) in [5.74, 6) is 0.0979. The van der Waals surface area contributed by atoms with Crippen molar-refractivity contribution in [3.8, 4) is 0 Å². The lowest BCUT2D eigenvalue weighted by Crippen LogP contribution is -2.33. The van der Waals surface area contributed by atoms with Crippen LogP contribution in [0.1, 0.15) is 58.2 Å². The Hall–Kier alpha value is -1.76. The molecule has 0 aromatic carbocycles. The van der Waals surface area contributed by atoms with Crippen LogP contribution in [0, 0.1) is 0 Å². The topological polar surface area (TPSA) is 57.3 Å². The maximum atomic E-state index is 12.6. The number of nitrogens with one attached hydrogen (secondary N) is 2. The molecule has 4 rings (SSSR count). The summed E-state index contributed by atoms with van der Waals surface area (Å²) in [5, 5.41) is 8.66. The van der Waals surface area contributed by atoms with Gasteiger partial charge in [0.1, 0.15) is 0 Å². The molecular weight excluding hydrogens is 368 g/mol. The molecule has 0 saturated carbocycles. The number of hydrogen-bond donors (Lipinski definition) is 2. The smallest absolute Gasteiger partial charge is 0.252 e. The molecule has 28 heavy (non-hydrogen) atoms. The quantitative estimate of drug-likeness (QED) is 0.752. The van der Waals surface area contributed by atoms with Gasteiger partial charge in [-0.2, -0.15) is 0 Å². The summed E-state index contributed by atoms with van der Waals surface area (Å²) in [6, 6.07) is 4.89. The van der Waals surface area contributed by atoms with E-state index in [2.05, 4.69) is 39.6 Å². The molecule has 1 saturated heterocycles. The zero-order chi connectivity index (χ0) is 19.3. The number of thiophene rings is 1. The molecule has 1 amide bonds. The van der Waals surface area contributed by atoms with Crippen LogP contribution < -0.4 is 10.6 Å². The molecule has 6 heteroatoms. The molecule has 0 spiro atoms. The maximum Gasteiger partial charge on any atom is 0.252 e. The van der Waals surface area contributed by atoms with E-state index in [0.29, 0.717) is 6.04 Å². The molecule has 2 aliphatic rings. The van der Waals surface area contributed by atoms with Crippen molar-refractivity contribution in [2.45, 2.75) is 58.2 Å². The molecule has 150 valence electrons. The van der Waals surface area contributed by atoms with E-state index in [1.54, 1.807) is 11.3 Å². The van der Waals surface area contributed by atoms with Gasteiger partial charge in [0.2, 0.25) is 0 Å². The van der Waals surface area contributed by atoms with Gasteiger partial charge >= 0.3 is 0 Å². The number of carbonyl (C=O) groups is 1. The van der Waals surface area contributed by atoms with Gasteiger partial charge in [0.15, 0.2) is 0 Å². The fraction of sp³-hybridized carbons (Fsp3) is 0.545. The zero-order valence-corrected chi connectivity index (χ0v) is 17.5. The van der Waals surface area contributed by atoms with Crippen LogP contribution in [0.3, 0.4) is 0 Å². The summed E-state index contributed by atoms with van der Waals surface area (Å²) in [6.45, 7) is 6.79. The Bertz CT molecular complexity index is 795. The van der Waals surface area contributed by atoms with Gasteiger partial charge in [-0.3, -0.25) is 14.7 Å². The normalized spacial score (nSPS) is 19.5. The van der Waals surface area contributed by atoms with Crippen molar-refractivity contribution in [2.24, 2.45) is 0 Å². The largest absolute Gasteiger partial charge is 0.352 e. The second-order valence-electron chi connectivity index (χ2n) is 7.86. The van der Waals surface area contributed by atoms with Crippen molar-refractivity contribution in [3.63, 3.8) is 0 Å². The third-order valence-corrected chi connectivity index (χ3v) is 6.90. The summed E-state index contributed by atoms with van der Waals surface area (Å²) >= 11 is 1.72. The van der Waals surface area contributed by atoms with Crippen molar-refractivity contribution in [2.75, 3.05) is 19.6 Å². The number of carbonyl (C=O) groups excluding carboxylic acids is 1. The van der Waals surface area contributed by atoms with Crippen molar-refractivity contribution in [1.29, 1.82) is 0 Å². The number of pyridine rings is 1. The molecule has 2 aromatic rings. The highest BCUT2D eigenvalue weighted by Crippen LogP contribution is 2.29. The third kappa shape index (κ3) is 4.62. The minimum absolute atomic E-state index is 0.0979. The van der Waals surface area contributed by atoms with Crippen LogP contribution in [0.4, 0.5) is 0 Å². The van der Waals surface area contributed by atoms with Gasteiger partial charge in [0.05, 0.1) is 11.3 Å². The van der Waals surface area contributed by atoms with E-state index in [4.69, 9.17) is 0 Å². The number of hydrogen-bond acceptors (Lipinski definition) is 5. The molecule has 2 N–H and O–H groups in total. The lowest BCUT2D eigenvalue weighted by atomic mass is 10.0. The van der Waals surface area contributed by atoms with Crippen LogP contribution in [0.15, 0.2) is 23.7 Å². The highest BCUT2D eigenvalue weighted by molar-refractivity contribution is 7.10. The van der Waals surface area contributed by atoms with Gasteiger partial charge in [0.25, 0.3) is 5.91 Å². The molecule has 0 aliphatic carbocycles. The van der Waals surface area contributed by atoms with Crippen LogP contribution >= 0.6 is 11.3 Å². The lowest BCUT2D eigenvalue weighted by molar-refractivity contribution is 0.0951. The number of fused-ring (bicyclic) bond motifs is 1. The minimum atomic E-state index is 0.0979. The molecular formula is C22H30N4OS. The highest BCUT2D eigenvalue weighted by Gasteiger charge is 2.24. The summed E-state index contributed by atoms with van der Waals surface area (Å²) in [6.07, 6.45) is 7.46. The Labute approximate surface area is 171 Å². The van der Waals surface area contributed by atoms with Gasteiger partial charge in [-0.05, 0) is 55.8 Å². The average Bonchev–Trinajstić information content (AvgIpc) is 3.38. The molecule has 1 fully saturated rings. The van der Waals surface area contributed by atoms with E-state index in [9.17, 15) is 4.79 Å². The second kappa shape index (κ2) is 9.16. The van der Waals surface area contributed by atoms with Crippen LogP contribution in [0.5, 0.6) is 0 Å². The summed E-state index contributed by atoms with van der Waals surface area (Å²) in [5.41, 5.74) is 4.55. The predicted molar refractivity (Wildman–Crippen MR) is 114 cm³/mol. The van der Waals surface area contributed by atoms with E-state index in [-0.39, 0.29) is 5.91 Å². The van der Waals surface area contributed by atoms with Crippen LogP contribution in [-0.4, -0.2) is 41.5 Å². The first-order valence-electron chi connectivity index (χ1n) is 10.5. The Balaban J connectivity index is 1.31.